The summed E-state index contributed by atoms with van der Waals surface area (Å²) < 4.78 is 6.74. The van der Waals surface area contributed by atoms with Crippen molar-refractivity contribution >= 4 is 65.2 Å². The largest absolute Gasteiger partial charge is 0.421 e. The van der Waals surface area contributed by atoms with Crippen LogP contribution in [0.1, 0.15) is 10.4 Å². The molecule has 8 heteroatoms. The summed E-state index contributed by atoms with van der Waals surface area (Å²) >= 11 is 8.03. The average Bonchev–Trinajstić information content (AvgIpc) is 3.11. The second-order valence-corrected chi connectivity index (χ2v) is 8.24. The first-order valence-corrected chi connectivity index (χ1v) is 10.2. The van der Waals surface area contributed by atoms with Gasteiger partial charge < -0.3 is 4.42 Å². The Balaban J connectivity index is 1.65. The second-order valence-electron chi connectivity index (χ2n) is 5.61. The van der Waals surface area contributed by atoms with Crippen LogP contribution < -0.4 is 10.9 Å². The number of aromatic nitrogens is 1. The van der Waals surface area contributed by atoms with Gasteiger partial charge in [0.2, 0.25) is 0 Å². The summed E-state index contributed by atoms with van der Waals surface area (Å²) in [6.07, 6.45) is 0. The van der Waals surface area contributed by atoms with Crippen molar-refractivity contribution in [2.75, 3.05) is 5.32 Å². The van der Waals surface area contributed by atoms with E-state index in [1.165, 1.54) is 17.4 Å². The fourth-order valence-corrected chi connectivity index (χ4v) is 4.61. The monoisotopic (exact) mass is 504 g/mol. The Kier molecular flexibility index (Phi) is 4.94. The molecule has 0 spiro atoms. The molecule has 0 aliphatic rings. The number of benzene rings is 2. The van der Waals surface area contributed by atoms with Crippen LogP contribution in [0.25, 0.3) is 22.2 Å². The number of amides is 1. The van der Waals surface area contributed by atoms with Crippen LogP contribution in [-0.4, -0.2) is 10.9 Å². The highest BCUT2D eigenvalue weighted by atomic mass is 79.9. The number of nitrogens with one attached hydrogen (secondary N) is 1. The normalized spacial score (nSPS) is 10.9. The highest BCUT2D eigenvalue weighted by Gasteiger charge is 2.17. The van der Waals surface area contributed by atoms with Crippen LogP contribution in [-0.2, 0) is 0 Å². The van der Waals surface area contributed by atoms with Crippen LogP contribution in [0.3, 0.4) is 0 Å². The van der Waals surface area contributed by atoms with Crippen molar-refractivity contribution in [3.05, 3.63) is 78.8 Å². The fraction of sp³-hybridized carbons (Fsp3) is 0. The summed E-state index contributed by atoms with van der Waals surface area (Å²) in [6, 6.07) is 14.7. The molecule has 4 rings (SSSR count). The third kappa shape index (κ3) is 3.73. The van der Waals surface area contributed by atoms with Gasteiger partial charge in [0, 0.05) is 20.8 Å². The molecule has 27 heavy (non-hydrogen) atoms. The van der Waals surface area contributed by atoms with Crippen molar-refractivity contribution in [2.24, 2.45) is 0 Å². The number of anilines is 1. The van der Waals surface area contributed by atoms with Gasteiger partial charge in [0.1, 0.15) is 5.56 Å². The summed E-state index contributed by atoms with van der Waals surface area (Å²) in [5, 5.41) is 5.56. The molecular weight excluding hydrogens is 496 g/mol. The molecule has 0 saturated carbocycles. The minimum absolute atomic E-state index is 0.0797. The zero-order valence-corrected chi connectivity index (χ0v) is 17.5. The first kappa shape index (κ1) is 18.1. The van der Waals surface area contributed by atoms with Gasteiger partial charge in [-0.05, 0) is 34.1 Å². The smallest absolute Gasteiger partial charge is 0.349 e. The summed E-state index contributed by atoms with van der Waals surface area (Å²) in [5.41, 5.74) is 1.32. The lowest BCUT2D eigenvalue weighted by atomic mass is 10.2. The second kappa shape index (κ2) is 7.38. The third-order valence-electron chi connectivity index (χ3n) is 3.79. The summed E-state index contributed by atoms with van der Waals surface area (Å²) in [6.45, 7) is 0. The number of carbonyl (C=O) groups excluding carboxylic acids is 1. The molecule has 0 atom stereocenters. The van der Waals surface area contributed by atoms with Gasteiger partial charge in [0.15, 0.2) is 10.7 Å². The predicted molar refractivity (Wildman–Crippen MR) is 113 cm³/mol. The molecule has 0 saturated heterocycles. The van der Waals surface area contributed by atoms with Crippen molar-refractivity contribution in [3.63, 3.8) is 0 Å². The predicted octanol–water partition coefficient (Wildman–Crippen LogP) is 5.69. The minimum atomic E-state index is -0.706. The van der Waals surface area contributed by atoms with Gasteiger partial charge in [-0.15, -0.1) is 11.3 Å². The van der Waals surface area contributed by atoms with Crippen LogP contribution >= 0.6 is 43.2 Å². The number of hydrogen-bond donors (Lipinski definition) is 1. The first-order valence-electron chi connectivity index (χ1n) is 7.76. The lowest BCUT2D eigenvalue weighted by Gasteiger charge is -2.04. The van der Waals surface area contributed by atoms with E-state index in [2.05, 4.69) is 42.2 Å². The maximum atomic E-state index is 12.6. The number of carbonyl (C=O) groups is 1. The molecule has 2 aromatic heterocycles. The molecule has 0 aliphatic heterocycles. The van der Waals surface area contributed by atoms with Crippen molar-refractivity contribution in [1.29, 1.82) is 0 Å². The van der Waals surface area contributed by atoms with Gasteiger partial charge in [-0.1, -0.05) is 46.3 Å². The summed E-state index contributed by atoms with van der Waals surface area (Å²) in [4.78, 5) is 29.2. The molecule has 5 nitrogen and oxygen atoms in total. The Morgan fingerprint density at radius 2 is 1.89 bits per heavy atom. The van der Waals surface area contributed by atoms with E-state index in [1.54, 1.807) is 12.1 Å². The van der Waals surface area contributed by atoms with Crippen molar-refractivity contribution in [1.82, 2.24) is 4.98 Å². The molecule has 1 N–H and O–H groups in total. The molecule has 4 aromatic rings. The standard InChI is InChI=1S/C19H10Br2N2O3S/c20-12-6-11-7-13(18(25)26-16(11)14(21)8-12)17(24)23-19-22-15(9-27-19)10-4-2-1-3-5-10/h1-9H,(H,22,23,24). The Labute approximate surface area is 174 Å². The van der Waals surface area contributed by atoms with Crippen LogP contribution in [0.2, 0.25) is 0 Å². The van der Waals surface area contributed by atoms with Crippen molar-refractivity contribution in [3.8, 4) is 11.3 Å². The Bertz CT molecular complexity index is 1220. The van der Waals surface area contributed by atoms with Gasteiger partial charge in [-0.3, -0.25) is 10.1 Å². The Hall–Kier alpha value is -2.29. The summed E-state index contributed by atoms with van der Waals surface area (Å²) in [5.74, 6) is -0.560. The Morgan fingerprint density at radius 1 is 1.11 bits per heavy atom. The van der Waals surface area contributed by atoms with Crippen LogP contribution in [0.4, 0.5) is 5.13 Å². The maximum Gasteiger partial charge on any atom is 0.349 e. The third-order valence-corrected chi connectivity index (χ3v) is 5.60. The number of nitrogens with zero attached hydrogens (tertiary/aromatic N) is 1. The topological polar surface area (TPSA) is 72.2 Å². The molecule has 2 heterocycles. The lowest BCUT2D eigenvalue weighted by Crippen LogP contribution is -2.20. The summed E-state index contributed by atoms with van der Waals surface area (Å²) in [7, 11) is 0. The molecular formula is C19H10Br2N2O3S. The Morgan fingerprint density at radius 3 is 2.67 bits per heavy atom. The quantitative estimate of drug-likeness (QED) is 0.363. The van der Waals surface area contributed by atoms with Gasteiger partial charge >= 0.3 is 5.63 Å². The lowest BCUT2D eigenvalue weighted by molar-refractivity contribution is 0.102. The van der Waals surface area contributed by atoms with Gasteiger partial charge in [-0.25, -0.2) is 9.78 Å². The molecule has 134 valence electrons. The molecule has 1 amide bonds. The van der Waals surface area contributed by atoms with E-state index in [1.807, 2.05) is 35.7 Å². The molecule has 2 aromatic carbocycles. The van der Waals surface area contributed by atoms with Crippen molar-refractivity contribution in [2.45, 2.75) is 0 Å². The highest BCUT2D eigenvalue weighted by Crippen LogP contribution is 2.28. The van der Waals surface area contributed by atoms with Crippen molar-refractivity contribution < 1.29 is 9.21 Å². The SMILES string of the molecule is O=C(Nc1nc(-c2ccccc2)cs1)c1cc2cc(Br)cc(Br)c2oc1=O. The van der Waals surface area contributed by atoms with Gasteiger partial charge in [0.25, 0.3) is 5.91 Å². The number of thiazole rings is 1. The molecule has 0 aliphatic carbocycles. The minimum Gasteiger partial charge on any atom is -0.421 e. The van der Waals surface area contributed by atoms with Gasteiger partial charge in [0.05, 0.1) is 10.2 Å². The molecule has 0 bridgehead atoms. The molecule has 0 radical (unpaired) electrons. The zero-order valence-electron chi connectivity index (χ0n) is 13.5. The van der Waals surface area contributed by atoms with Crippen LogP contribution in [0, 0.1) is 0 Å². The average molecular weight is 506 g/mol. The van der Waals surface area contributed by atoms with Gasteiger partial charge in [-0.2, -0.15) is 0 Å². The zero-order chi connectivity index (χ0) is 19.0. The van der Waals surface area contributed by atoms with Crippen LogP contribution in [0.15, 0.2) is 72.1 Å². The van der Waals surface area contributed by atoms with E-state index in [4.69, 9.17) is 4.42 Å². The fourth-order valence-electron chi connectivity index (χ4n) is 2.55. The number of hydrogen-bond acceptors (Lipinski definition) is 5. The van der Waals surface area contributed by atoms with E-state index in [0.29, 0.717) is 20.6 Å². The molecule has 0 unspecified atom stereocenters. The number of rotatable bonds is 3. The van der Waals surface area contributed by atoms with Crippen LogP contribution in [0.5, 0.6) is 0 Å². The maximum absolute atomic E-state index is 12.6. The van der Waals surface area contributed by atoms with E-state index < -0.39 is 11.5 Å². The molecule has 0 fully saturated rings. The first-order chi connectivity index (χ1) is 13.0. The van der Waals surface area contributed by atoms with E-state index in [9.17, 15) is 9.59 Å². The van der Waals surface area contributed by atoms with E-state index >= 15 is 0 Å². The van der Waals surface area contributed by atoms with E-state index in [-0.39, 0.29) is 5.56 Å². The number of halogens is 2. The number of fused-ring (bicyclic) bond motifs is 1. The highest BCUT2D eigenvalue weighted by molar-refractivity contribution is 9.11. The van der Waals surface area contributed by atoms with E-state index in [0.717, 1.165) is 15.7 Å².